The maximum absolute atomic E-state index is 16.1. The SMILES string of the molecule is CNC[C@]1(c2ccccc2)Oc2cc(F)c(Cl)c(-c3c(C(=O)NC)ccc(OCC(C)O)c3F)c2[C@@H]1C. The van der Waals surface area contributed by atoms with Crippen molar-refractivity contribution in [2.75, 3.05) is 27.2 Å². The van der Waals surface area contributed by atoms with Gasteiger partial charge in [-0.15, -0.1) is 0 Å². The first-order chi connectivity index (χ1) is 17.7. The summed E-state index contributed by atoms with van der Waals surface area (Å²) in [5.74, 6) is -2.71. The topological polar surface area (TPSA) is 79.8 Å². The van der Waals surface area contributed by atoms with E-state index in [-0.39, 0.29) is 39.8 Å². The number of amides is 1. The quantitative estimate of drug-likeness (QED) is 0.381. The molecule has 0 saturated heterocycles. The van der Waals surface area contributed by atoms with E-state index in [0.717, 1.165) is 5.56 Å². The van der Waals surface area contributed by atoms with Gasteiger partial charge in [-0.2, -0.15) is 0 Å². The van der Waals surface area contributed by atoms with Gasteiger partial charge in [0.2, 0.25) is 0 Å². The summed E-state index contributed by atoms with van der Waals surface area (Å²) in [6.45, 7) is 3.59. The van der Waals surface area contributed by atoms with E-state index in [0.29, 0.717) is 12.1 Å². The average Bonchev–Trinajstić information content (AvgIpc) is 3.16. The standard InChI is InChI=1S/C28H29ClF2N2O4/c1-15(34)13-36-20-11-10-18(27(35)33-4)23(26(20)31)24-22-16(2)28(14-32-3,17-8-6-5-7-9-17)37-21(22)12-19(30)25(24)29/h5-12,15-16,32,34H,13-14H2,1-4H3,(H,33,35)/t15?,16-,28-/m0/s1. The van der Waals surface area contributed by atoms with Crippen LogP contribution in [0.25, 0.3) is 11.1 Å². The molecule has 1 heterocycles. The van der Waals surface area contributed by atoms with Gasteiger partial charge in [-0.05, 0) is 31.7 Å². The molecule has 0 aliphatic carbocycles. The molecule has 0 spiro atoms. The Labute approximate surface area is 219 Å². The van der Waals surface area contributed by atoms with Gasteiger partial charge in [0.25, 0.3) is 5.91 Å². The fourth-order valence-electron chi connectivity index (χ4n) is 4.92. The van der Waals surface area contributed by atoms with Gasteiger partial charge in [-0.1, -0.05) is 48.9 Å². The Kier molecular flexibility index (Phi) is 7.73. The van der Waals surface area contributed by atoms with Crippen LogP contribution in [-0.2, 0) is 5.60 Å². The third-order valence-corrected chi connectivity index (χ3v) is 7.03. The summed E-state index contributed by atoms with van der Waals surface area (Å²) in [5.41, 5.74) is 0.147. The van der Waals surface area contributed by atoms with Crippen LogP contribution >= 0.6 is 11.6 Å². The zero-order chi connectivity index (χ0) is 26.9. The third kappa shape index (κ3) is 4.65. The fraction of sp³-hybridized carbons (Fsp3) is 0.321. The van der Waals surface area contributed by atoms with E-state index in [9.17, 15) is 9.90 Å². The van der Waals surface area contributed by atoms with E-state index in [1.807, 2.05) is 37.3 Å². The van der Waals surface area contributed by atoms with Gasteiger partial charge in [0, 0.05) is 42.3 Å². The Morgan fingerprint density at radius 3 is 2.51 bits per heavy atom. The molecule has 1 aliphatic heterocycles. The van der Waals surface area contributed by atoms with Crippen LogP contribution in [0.15, 0.2) is 48.5 Å². The fourth-order valence-corrected chi connectivity index (χ4v) is 5.17. The summed E-state index contributed by atoms with van der Waals surface area (Å²) in [7, 11) is 3.20. The van der Waals surface area contributed by atoms with Gasteiger partial charge in [0.1, 0.15) is 18.2 Å². The average molecular weight is 531 g/mol. The van der Waals surface area contributed by atoms with Crippen molar-refractivity contribution in [3.05, 3.63) is 81.9 Å². The minimum Gasteiger partial charge on any atom is -0.488 e. The number of rotatable bonds is 8. The molecule has 0 aromatic heterocycles. The molecule has 9 heteroatoms. The summed E-state index contributed by atoms with van der Waals surface area (Å²) in [4.78, 5) is 12.8. The van der Waals surface area contributed by atoms with Gasteiger partial charge in [0.05, 0.1) is 16.7 Å². The molecule has 3 aromatic carbocycles. The number of carbonyl (C=O) groups is 1. The normalized spacial score (nSPS) is 19.2. The number of hydrogen-bond acceptors (Lipinski definition) is 5. The molecule has 3 aromatic rings. The summed E-state index contributed by atoms with van der Waals surface area (Å²) in [6, 6.07) is 13.4. The van der Waals surface area contributed by atoms with Gasteiger partial charge < -0.3 is 25.2 Å². The Balaban J connectivity index is 2.02. The molecule has 3 N–H and O–H groups in total. The Morgan fingerprint density at radius 2 is 1.89 bits per heavy atom. The summed E-state index contributed by atoms with van der Waals surface area (Å²) < 4.78 is 43.3. The Hall–Kier alpha value is -3.20. The highest BCUT2D eigenvalue weighted by atomic mass is 35.5. The zero-order valence-corrected chi connectivity index (χ0v) is 21.7. The molecule has 3 atom stereocenters. The van der Waals surface area contributed by atoms with Crippen LogP contribution in [0.2, 0.25) is 5.02 Å². The van der Waals surface area contributed by atoms with Gasteiger partial charge in [0.15, 0.2) is 17.2 Å². The number of nitrogens with one attached hydrogen (secondary N) is 2. The maximum atomic E-state index is 16.1. The van der Waals surface area contributed by atoms with E-state index < -0.39 is 35.2 Å². The minimum atomic E-state index is -0.950. The first-order valence-electron chi connectivity index (χ1n) is 11.9. The van der Waals surface area contributed by atoms with Crippen molar-refractivity contribution in [1.29, 1.82) is 0 Å². The lowest BCUT2D eigenvalue weighted by Gasteiger charge is -2.33. The van der Waals surface area contributed by atoms with Crippen LogP contribution in [0.1, 0.15) is 41.3 Å². The molecule has 37 heavy (non-hydrogen) atoms. The van der Waals surface area contributed by atoms with Crippen LogP contribution in [-0.4, -0.2) is 44.4 Å². The number of aliphatic hydroxyl groups is 1. The zero-order valence-electron chi connectivity index (χ0n) is 21.0. The lowest BCUT2D eigenvalue weighted by Crippen LogP contribution is -2.43. The highest BCUT2D eigenvalue weighted by Gasteiger charge is 2.49. The monoisotopic (exact) mass is 530 g/mol. The number of benzene rings is 3. The minimum absolute atomic E-state index is 0.0247. The molecule has 1 unspecified atom stereocenters. The number of carbonyl (C=O) groups excluding carboxylic acids is 1. The molecular formula is C28H29ClF2N2O4. The summed E-state index contributed by atoms with van der Waals surface area (Å²) >= 11 is 6.54. The molecular weight excluding hydrogens is 502 g/mol. The molecule has 6 nitrogen and oxygen atoms in total. The van der Waals surface area contributed by atoms with Gasteiger partial charge in [-0.25, -0.2) is 8.78 Å². The first-order valence-corrected chi connectivity index (χ1v) is 12.3. The predicted molar refractivity (Wildman–Crippen MR) is 138 cm³/mol. The van der Waals surface area contributed by atoms with Crippen molar-refractivity contribution in [1.82, 2.24) is 10.6 Å². The predicted octanol–water partition coefficient (Wildman–Crippen LogP) is 5.02. The van der Waals surface area contributed by atoms with Crippen LogP contribution in [0, 0.1) is 11.6 Å². The van der Waals surface area contributed by atoms with Crippen molar-refractivity contribution in [3.8, 4) is 22.6 Å². The second-order valence-corrected chi connectivity index (χ2v) is 9.49. The number of ether oxygens (including phenoxy) is 2. The molecule has 0 saturated carbocycles. The highest BCUT2D eigenvalue weighted by molar-refractivity contribution is 6.34. The van der Waals surface area contributed by atoms with Crippen LogP contribution in [0.5, 0.6) is 11.5 Å². The summed E-state index contributed by atoms with van der Waals surface area (Å²) in [6.07, 6.45) is -0.857. The lowest BCUT2D eigenvalue weighted by molar-refractivity contribution is 0.0719. The molecule has 1 amide bonds. The number of fused-ring (bicyclic) bond motifs is 1. The molecule has 0 bridgehead atoms. The van der Waals surface area contributed by atoms with Crippen LogP contribution in [0.3, 0.4) is 0 Å². The van der Waals surface area contributed by atoms with Crippen molar-refractivity contribution in [2.45, 2.75) is 31.5 Å². The number of halogens is 3. The van der Waals surface area contributed by atoms with Gasteiger partial charge in [-0.3, -0.25) is 4.79 Å². The van der Waals surface area contributed by atoms with E-state index in [1.54, 1.807) is 7.05 Å². The Bertz CT molecular complexity index is 1320. The van der Waals surface area contributed by atoms with Crippen LogP contribution < -0.4 is 20.1 Å². The van der Waals surface area contributed by atoms with E-state index in [4.69, 9.17) is 21.1 Å². The smallest absolute Gasteiger partial charge is 0.251 e. The van der Waals surface area contributed by atoms with Crippen LogP contribution in [0.4, 0.5) is 8.78 Å². The Morgan fingerprint density at radius 1 is 1.19 bits per heavy atom. The maximum Gasteiger partial charge on any atom is 0.251 e. The molecule has 0 radical (unpaired) electrons. The second-order valence-electron chi connectivity index (χ2n) is 9.11. The van der Waals surface area contributed by atoms with E-state index >= 15 is 8.78 Å². The molecule has 196 valence electrons. The van der Waals surface area contributed by atoms with Crippen molar-refractivity contribution >= 4 is 17.5 Å². The van der Waals surface area contributed by atoms with Gasteiger partial charge >= 0.3 is 0 Å². The number of likely N-dealkylation sites (N-methyl/N-ethyl adjacent to an activating group) is 1. The first kappa shape index (κ1) is 26.9. The molecule has 1 aliphatic rings. The van der Waals surface area contributed by atoms with Crippen molar-refractivity contribution in [2.24, 2.45) is 0 Å². The van der Waals surface area contributed by atoms with E-state index in [1.165, 1.54) is 32.2 Å². The van der Waals surface area contributed by atoms with E-state index in [2.05, 4.69) is 10.6 Å². The largest absolute Gasteiger partial charge is 0.488 e. The van der Waals surface area contributed by atoms with Crippen molar-refractivity contribution < 1.29 is 28.2 Å². The number of hydrogen-bond donors (Lipinski definition) is 3. The lowest BCUT2D eigenvalue weighted by atomic mass is 9.77. The van der Waals surface area contributed by atoms with Crippen molar-refractivity contribution in [3.63, 3.8) is 0 Å². The highest BCUT2D eigenvalue weighted by Crippen LogP contribution is 2.56. The summed E-state index contributed by atoms with van der Waals surface area (Å²) in [5, 5.41) is 14.9. The third-order valence-electron chi connectivity index (χ3n) is 6.66. The molecule has 0 fully saturated rings. The number of aliphatic hydroxyl groups excluding tert-OH is 1. The second kappa shape index (κ2) is 10.7. The molecule has 4 rings (SSSR count).